The van der Waals surface area contributed by atoms with Gasteiger partial charge in [-0.25, -0.2) is 0 Å². The number of aromatic hydroxyl groups is 1. The second kappa shape index (κ2) is 9.11. The van der Waals surface area contributed by atoms with E-state index in [0.29, 0.717) is 18.8 Å². The lowest BCUT2D eigenvalue weighted by Gasteiger charge is -2.34. The van der Waals surface area contributed by atoms with Gasteiger partial charge in [0.05, 0.1) is 0 Å². The lowest BCUT2D eigenvalue weighted by molar-refractivity contribution is -0.139. The van der Waals surface area contributed by atoms with Gasteiger partial charge in [-0.15, -0.1) is 0 Å². The number of piperidine rings is 1. The number of rotatable bonds is 5. The molecule has 1 aliphatic heterocycles. The van der Waals surface area contributed by atoms with E-state index in [1.165, 1.54) is 18.6 Å². The zero-order valence-electron chi connectivity index (χ0n) is 16.0. The fourth-order valence-electron chi connectivity index (χ4n) is 3.96. The van der Waals surface area contributed by atoms with Gasteiger partial charge < -0.3 is 20.1 Å². The molecule has 1 unspecified atom stereocenters. The molecule has 1 aliphatic carbocycles. The highest BCUT2D eigenvalue weighted by atomic mass is 16.5. The van der Waals surface area contributed by atoms with E-state index in [-0.39, 0.29) is 29.5 Å². The van der Waals surface area contributed by atoms with Crippen molar-refractivity contribution in [3.8, 4) is 11.5 Å². The zero-order chi connectivity index (χ0) is 19.2. The quantitative estimate of drug-likeness (QED) is 0.831. The van der Waals surface area contributed by atoms with E-state index in [0.717, 1.165) is 38.5 Å². The van der Waals surface area contributed by atoms with Gasteiger partial charge in [-0.3, -0.25) is 9.59 Å². The van der Waals surface area contributed by atoms with Crippen molar-refractivity contribution in [3.63, 3.8) is 0 Å². The maximum atomic E-state index is 12.6. The van der Waals surface area contributed by atoms with Crippen LogP contribution >= 0.6 is 0 Å². The molecule has 2 fully saturated rings. The monoisotopic (exact) mass is 374 g/mol. The molecule has 2 amide bonds. The SMILES string of the molecule is CC(Oc1ccc(O)cc1)C(=O)N1CCC(NC(=O)C2CCCCC2)CC1. The van der Waals surface area contributed by atoms with Gasteiger partial charge >= 0.3 is 0 Å². The highest BCUT2D eigenvalue weighted by Gasteiger charge is 2.29. The lowest BCUT2D eigenvalue weighted by atomic mass is 9.88. The average molecular weight is 374 g/mol. The van der Waals surface area contributed by atoms with E-state index >= 15 is 0 Å². The van der Waals surface area contributed by atoms with Crippen molar-refractivity contribution < 1.29 is 19.4 Å². The van der Waals surface area contributed by atoms with Crippen LogP contribution in [0.25, 0.3) is 0 Å². The Labute approximate surface area is 160 Å². The van der Waals surface area contributed by atoms with Crippen LogP contribution in [0.3, 0.4) is 0 Å². The molecule has 1 saturated carbocycles. The number of carbonyl (C=O) groups excluding carboxylic acids is 2. The largest absolute Gasteiger partial charge is 0.508 e. The third-order valence-electron chi connectivity index (χ3n) is 5.63. The van der Waals surface area contributed by atoms with Crippen LogP contribution < -0.4 is 10.1 Å². The topological polar surface area (TPSA) is 78.9 Å². The molecule has 0 spiro atoms. The number of carbonyl (C=O) groups is 2. The molecule has 1 atom stereocenters. The Kier molecular flexibility index (Phi) is 6.58. The fourth-order valence-corrected chi connectivity index (χ4v) is 3.96. The van der Waals surface area contributed by atoms with E-state index in [1.807, 2.05) is 4.90 Å². The molecule has 1 aromatic carbocycles. The molecule has 0 bridgehead atoms. The summed E-state index contributed by atoms with van der Waals surface area (Å²) < 4.78 is 5.68. The summed E-state index contributed by atoms with van der Waals surface area (Å²) in [6.45, 7) is 3.02. The third-order valence-corrected chi connectivity index (χ3v) is 5.63. The highest BCUT2D eigenvalue weighted by molar-refractivity contribution is 5.81. The van der Waals surface area contributed by atoms with Crippen LogP contribution in [0, 0.1) is 5.92 Å². The summed E-state index contributed by atoms with van der Waals surface area (Å²) in [5.74, 6) is 1.06. The van der Waals surface area contributed by atoms with E-state index in [2.05, 4.69) is 5.32 Å². The van der Waals surface area contributed by atoms with Crippen LogP contribution in [0.15, 0.2) is 24.3 Å². The molecule has 148 valence electrons. The number of nitrogens with one attached hydrogen (secondary N) is 1. The Hall–Kier alpha value is -2.24. The minimum Gasteiger partial charge on any atom is -0.508 e. The van der Waals surface area contributed by atoms with Gasteiger partial charge in [0.25, 0.3) is 5.91 Å². The van der Waals surface area contributed by atoms with E-state index in [9.17, 15) is 14.7 Å². The van der Waals surface area contributed by atoms with Crippen LogP contribution in [0.4, 0.5) is 0 Å². The van der Waals surface area contributed by atoms with Crippen LogP contribution in [0.5, 0.6) is 11.5 Å². The van der Waals surface area contributed by atoms with Gasteiger partial charge in [0.2, 0.25) is 5.91 Å². The van der Waals surface area contributed by atoms with Gasteiger partial charge in [0.1, 0.15) is 11.5 Å². The van der Waals surface area contributed by atoms with Gasteiger partial charge in [-0.2, -0.15) is 0 Å². The number of phenolic OH excluding ortho intramolecular Hbond substituents is 1. The molecule has 2 N–H and O–H groups in total. The maximum absolute atomic E-state index is 12.6. The number of benzene rings is 1. The second-order valence-electron chi connectivity index (χ2n) is 7.70. The molecule has 6 nitrogen and oxygen atoms in total. The number of phenols is 1. The molecule has 6 heteroatoms. The molecule has 27 heavy (non-hydrogen) atoms. The van der Waals surface area contributed by atoms with Crippen molar-refractivity contribution >= 4 is 11.8 Å². The summed E-state index contributed by atoms with van der Waals surface area (Å²) in [5.41, 5.74) is 0. The van der Waals surface area contributed by atoms with Crippen LogP contribution in [0.2, 0.25) is 0 Å². The van der Waals surface area contributed by atoms with Crippen molar-refractivity contribution in [3.05, 3.63) is 24.3 Å². The van der Waals surface area contributed by atoms with Crippen LogP contribution in [-0.2, 0) is 9.59 Å². The normalized spacial score (nSPS) is 20.1. The van der Waals surface area contributed by atoms with Crippen molar-refractivity contribution in [2.45, 2.75) is 64.0 Å². The zero-order valence-corrected chi connectivity index (χ0v) is 16.0. The van der Waals surface area contributed by atoms with Crippen molar-refractivity contribution in [1.82, 2.24) is 10.2 Å². The minimum absolute atomic E-state index is 0.0415. The maximum Gasteiger partial charge on any atom is 0.263 e. The Morgan fingerprint density at radius 1 is 1.07 bits per heavy atom. The Balaban J connectivity index is 1.43. The van der Waals surface area contributed by atoms with Gasteiger partial charge in [-0.1, -0.05) is 19.3 Å². The highest BCUT2D eigenvalue weighted by Crippen LogP contribution is 2.24. The minimum atomic E-state index is -0.581. The summed E-state index contributed by atoms with van der Waals surface area (Å²) in [6.07, 6.45) is 6.57. The molecule has 2 aliphatic rings. The number of likely N-dealkylation sites (tertiary alicyclic amines) is 1. The summed E-state index contributed by atoms with van der Waals surface area (Å²) in [4.78, 5) is 26.8. The standard InChI is InChI=1S/C21H30N2O4/c1-15(27-19-9-7-18(24)8-10-19)21(26)23-13-11-17(12-14-23)22-20(25)16-5-3-2-4-6-16/h7-10,15-17,24H,2-6,11-14H2,1H3,(H,22,25). The Morgan fingerprint density at radius 3 is 2.33 bits per heavy atom. The van der Waals surface area contributed by atoms with Gasteiger partial charge in [0, 0.05) is 25.0 Å². The predicted octanol–water partition coefficient (Wildman–Crippen LogP) is 2.85. The van der Waals surface area contributed by atoms with Gasteiger partial charge in [-0.05, 0) is 56.9 Å². The molecule has 1 heterocycles. The smallest absolute Gasteiger partial charge is 0.263 e. The molecule has 3 rings (SSSR count). The lowest BCUT2D eigenvalue weighted by Crippen LogP contribution is -2.50. The molecule has 1 aromatic rings. The Bertz CT molecular complexity index is 632. The number of hydrogen-bond acceptors (Lipinski definition) is 4. The Morgan fingerprint density at radius 2 is 1.70 bits per heavy atom. The fraction of sp³-hybridized carbons (Fsp3) is 0.619. The van der Waals surface area contributed by atoms with E-state index in [1.54, 1.807) is 19.1 Å². The molecule has 0 radical (unpaired) electrons. The number of nitrogens with zero attached hydrogens (tertiary/aromatic N) is 1. The first kappa shape index (κ1) is 19.5. The number of hydrogen-bond donors (Lipinski definition) is 2. The van der Waals surface area contributed by atoms with Crippen LogP contribution in [-0.4, -0.2) is 47.1 Å². The van der Waals surface area contributed by atoms with E-state index < -0.39 is 6.10 Å². The van der Waals surface area contributed by atoms with Gasteiger partial charge in [0.15, 0.2) is 6.10 Å². The first-order chi connectivity index (χ1) is 13.0. The molecular formula is C21H30N2O4. The first-order valence-electron chi connectivity index (χ1n) is 10.1. The number of amides is 2. The summed E-state index contributed by atoms with van der Waals surface area (Å²) >= 11 is 0. The summed E-state index contributed by atoms with van der Waals surface area (Å²) in [5, 5.41) is 12.5. The number of ether oxygens (including phenoxy) is 1. The van der Waals surface area contributed by atoms with E-state index in [4.69, 9.17) is 4.74 Å². The summed E-state index contributed by atoms with van der Waals surface area (Å²) in [6, 6.07) is 6.52. The van der Waals surface area contributed by atoms with Crippen molar-refractivity contribution in [2.75, 3.05) is 13.1 Å². The van der Waals surface area contributed by atoms with Crippen molar-refractivity contribution in [2.24, 2.45) is 5.92 Å². The van der Waals surface area contributed by atoms with Crippen LogP contribution in [0.1, 0.15) is 51.9 Å². The summed E-state index contributed by atoms with van der Waals surface area (Å²) in [7, 11) is 0. The molecular weight excluding hydrogens is 344 g/mol. The third kappa shape index (κ3) is 5.37. The van der Waals surface area contributed by atoms with Crippen molar-refractivity contribution in [1.29, 1.82) is 0 Å². The molecule has 0 aromatic heterocycles. The average Bonchev–Trinajstić information content (AvgIpc) is 2.70. The second-order valence-corrected chi connectivity index (χ2v) is 7.70. The predicted molar refractivity (Wildman–Crippen MR) is 103 cm³/mol. The molecule has 1 saturated heterocycles. The first-order valence-corrected chi connectivity index (χ1v) is 10.1.